The molecule has 0 aromatic rings. The molecule has 0 bridgehead atoms. The van der Waals surface area contributed by atoms with Crippen molar-refractivity contribution >= 4 is 0 Å². The monoisotopic (exact) mass is 280 g/mol. The molecule has 0 amide bonds. The van der Waals surface area contributed by atoms with E-state index in [1.54, 1.807) is 0 Å². The SMILES string of the molecule is CCC1CCCC(CN)(C2(O)CC(C)N(C3CC3)C2)C1. The van der Waals surface area contributed by atoms with Crippen molar-refractivity contribution in [3.63, 3.8) is 0 Å². The maximum Gasteiger partial charge on any atom is 0.0857 e. The van der Waals surface area contributed by atoms with Crippen molar-refractivity contribution < 1.29 is 5.11 Å². The third-order valence-electron chi connectivity index (χ3n) is 6.56. The van der Waals surface area contributed by atoms with Gasteiger partial charge >= 0.3 is 0 Å². The summed E-state index contributed by atoms with van der Waals surface area (Å²) in [7, 11) is 0. The highest BCUT2D eigenvalue weighted by molar-refractivity contribution is 5.11. The second kappa shape index (κ2) is 5.26. The third-order valence-corrected chi connectivity index (χ3v) is 6.56. The lowest BCUT2D eigenvalue weighted by Crippen LogP contribution is -2.56. The van der Waals surface area contributed by atoms with Crippen molar-refractivity contribution in [3.8, 4) is 0 Å². The molecule has 1 heterocycles. The first-order valence-electron chi connectivity index (χ1n) is 8.72. The number of likely N-dealkylation sites (tertiary alicyclic amines) is 1. The second-order valence-corrected chi connectivity index (χ2v) is 7.84. The Balaban J connectivity index is 1.80. The molecule has 0 radical (unpaired) electrons. The predicted molar refractivity (Wildman–Crippen MR) is 82.5 cm³/mol. The van der Waals surface area contributed by atoms with Crippen LogP contribution in [0.3, 0.4) is 0 Å². The number of aliphatic hydroxyl groups is 1. The van der Waals surface area contributed by atoms with E-state index < -0.39 is 5.60 Å². The molecule has 3 N–H and O–H groups in total. The molecule has 1 saturated heterocycles. The van der Waals surface area contributed by atoms with E-state index in [-0.39, 0.29) is 5.41 Å². The first-order valence-corrected chi connectivity index (χ1v) is 8.72. The van der Waals surface area contributed by atoms with Crippen molar-refractivity contribution in [2.24, 2.45) is 17.1 Å². The Kier molecular flexibility index (Phi) is 3.89. The van der Waals surface area contributed by atoms with Crippen LogP contribution >= 0.6 is 0 Å². The van der Waals surface area contributed by atoms with Gasteiger partial charge < -0.3 is 10.8 Å². The third kappa shape index (κ3) is 2.32. The lowest BCUT2D eigenvalue weighted by molar-refractivity contribution is -0.101. The second-order valence-electron chi connectivity index (χ2n) is 7.84. The van der Waals surface area contributed by atoms with E-state index in [1.807, 2.05) is 0 Å². The highest BCUT2D eigenvalue weighted by Gasteiger charge is 2.57. The van der Waals surface area contributed by atoms with Gasteiger partial charge in [-0.2, -0.15) is 0 Å². The predicted octanol–water partition coefficient (Wildman–Crippen LogP) is 2.52. The molecule has 4 unspecified atom stereocenters. The van der Waals surface area contributed by atoms with Crippen LogP contribution in [0.1, 0.15) is 65.2 Å². The van der Waals surface area contributed by atoms with Crippen LogP contribution in [0.5, 0.6) is 0 Å². The minimum atomic E-state index is -0.544. The van der Waals surface area contributed by atoms with Crippen LogP contribution < -0.4 is 5.73 Å². The molecule has 3 nitrogen and oxygen atoms in total. The molecule has 3 heteroatoms. The fourth-order valence-corrected chi connectivity index (χ4v) is 5.04. The summed E-state index contributed by atoms with van der Waals surface area (Å²) in [5.41, 5.74) is 5.66. The molecular formula is C17H32N2O. The Morgan fingerprint density at radius 1 is 1.25 bits per heavy atom. The summed E-state index contributed by atoms with van der Waals surface area (Å²) >= 11 is 0. The van der Waals surface area contributed by atoms with E-state index in [1.165, 1.54) is 32.1 Å². The summed E-state index contributed by atoms with van der Waals surface area (Å²) in [6.45, 7) is 6.10. The van der Waals surface area contributed by atoms with Gasteiger partial charge in [-0.25, -0.2) is 0 Å². The van der Waals surface area contributed by atoms with Gasteiger partial charge in [0.25, 0.3) is 0 Å². The van der Waals surface area contributed by atoms with Crippen molar-refractivity contribution in [3.05, 3.63) is 0 Å². The molecule has 2 saturated carbocycles. The van der Waals surface area contributed by atoms with E-state index in [0.29, 0.717) is 12.6 Å². The molecule has 0 aromatic carbocycles. The Labute approximate surface area is 123 Å². The van der Waals surface area contributed by atoms with Crippen LogP contribution in [-0.4, -0.2) is 40.8 Å². The summed E-state index contributed by atoms with van der Waals surface area (Å²) in [6.07, 6.45) is 9.66. The van der Waals surface area contributed by atoms with Gasteiger partial charge in [0, 0.05) is 30.6 Å². The summed E-state index contributed by atoms with van der Waals surface area (Å²) < 4.78 is 0. The zero-order valence-electron chi connectivity index (χ0n) is 13.3. The Morgan fingerprint density at radius 2 is 2.00 bits per heavy atom. The minimum Gasteiger partial charge on any atom is -0.388 e. The van der Waals surface area contributed by atoms with E-state index in [4.69, 9.17) is 5.73 Å². The molecule has 0 aromatic heterocycles. The summed E-state index contributed by atoms with van der Waals surface area (Å²) in [6, 6.07) is 1.28. The van der Waals surface area contributed by atoms with Gasteiger partial charge in [-0.3, -0.25) is 4.90 Å². The molecule has 1 aliphatic heterocycles. The van der Waals surface area contributed by atoms with Crippen LogP contribution in [0.15, 0.2) is 0 Å². The van der Waals surface area contributed by atoms with Crippen molar-refractivity contribution in [1.82, 2.24) is 4.90 Å². The van der Waals surface area contributed by atoms with Gasteiger partial charge in [0.05, 0.1) is 5.60 Å². The Hall–Kier alpha value is -0.120. The smallest absolute Gasteiger partial charge is 0.0857 e. The minimum absolute atomic E-state index is 0.0240. The molecule has 3 aliphatic rings. The van der Waals surface area contributed by atoms with E-state index in [9.17, 15) is 5.11 Å². The molecule has 20 heavy (non-hydrogen) atoms. The van der Waals surface area contributed by atoms with Crippen LogP contribution in [0.25, 0.3) is 0 Å². The number of nitrogens with zero attached hydrogens (tertiary/aromatic N) is 1. The maximum absolute atomic E-state index is 11.5. The van der Waals surface area contributed by atoms with Gasteiger partial charge in [0.1, 0.15) is 0 Å². The number of hydrogen-bond acceptors (Lipinski definition) is 3. The fraction of sp³-hybridized carbons (Fsp3) is 1.00. The summed E-state index contributed by atoms with van der Waals surface area (Å²) in [4.78, 5) is 2.56. The van der Waals surface area contributed by atoms with E-state index in [2.05, 4.69) is 18.7 Å². The molecule has 3 rings (SSSR count). The van der Waals surface area contributed by atoms with Crippen LogP contribution in [0.4, 0.5) is 0 Å². The molecule has 3 fully saturated rings. The first-order chi connectivity index (χ1) is 9.53. The fourth-order valence-electron chi connectivity index (χ4n) is 5.04. The number of rotatable bonds is 4. The topological polar surface area (TPSA) is 49.5 Å². The van der Waals surface area contributed by atoms with Crippen LogP contribution in [0, 0.1) is 11.3 Å². The van der Waals surface area contributed by atoms with Gasteiger partial charge in [-0.05, 0) is 44.9 Å². The average molecular weight is 280 g/mol. The lowest BCUT2D eigenvalue weighted by atomic mass is 9.59. The van der Waals surface area contributed by atoms with Crippen molar-refractivity contribution in [1.29, 1.82) is 0 Å². The molecule has 0 spiro atoms. The van der Waals surface area contributed by atoms with Crippen molar-refractivity contribution in [2.75, 3.05) is 13.1 Å². The largest absolute Gasteiger partial charge is 0.388 e. The first kappa shape index (κ1) is 14.8. The quantitative estimate of drug-likeness (QED) is 0.832. The van der Waals surface area contributed by atoms with Gasteiger partial charge in [0.15, 0.2) is 0 Å². The maximum atomic E-state index is 11.5. The molecular weight excluding hydrogens is 248 g/mol. The zero-order valence-corrected chi connectivity index (χ0v) is 13.3. The number of nitrogens with two attached hydrogens (primary N) is 1. The van der Waals surface area contributed by atoms with Gasteiger partial charge in [-0.15, -0.1) is 0 Å². The number of hydrogen-bond donors (Lipinski definition) is 2. The standard InChI is InChI=1S/C17H32N2O/c1-3-14-5-4-8-16(10-14,11-18)17(20)9-13(2)19(12-17)15-6-7-15/h13-15,20H,3-12,18H2,1-2H3. The van der Waals surface area contributed by atoms with Gasteiger partial charge in [0.2, 0.25) is 0 Å². The lowest BCUT2D eigenvalue weighted by Gasteiger charge is -2.49. The highest BCUT2D eigenvalue weighted by Crippen LogP contribution is 2.52. The molecule has 116 valence electrons. The van der Waals surface area contributed by atoms with Crippen LogP contribution in [0.2, 0.25) is 0 Å². The van der Waals surface area contributed by atoms with E-state index >= 15 is 0 Å². The summed E-state index contributed by atoms with van der Waals surface area (Å²) in [5, 5.41) is 11.5. The highest BCUT2D eigenvalue weighted by atomic mass is 16.3. The Morgan fingerprint density at radius 3 is 2.60 bits per heavy atom. The average Bonchev–Trinajstić information content (AvgIpc) is 3.24. The number of β-amino-alcohol motifs (C(OH)–C–C–N with tert-alkyl or cyclic N) is 1. The van der Waals surface area contributed by atoms with Crippen LogP contribution in [-0.2, 0) is 0 Å². The molecule has 2 aliphatic carbocycles. The normalized spacial score (nSPS) is 46.8. The summed E-state index contributed by atoms with van der Waals surface area (Å²) in [5.74, 6) is 0.765. The van der Waals surface area contributed by atoms with Gasteiger partial charge in [-0.1, -0.05) is 26.2 Å². The zero-order chi connectivity index (χ0) is 14.4. The Bertz CT molecular complexity index is 357. The van der Waals surface area contributed by atoms with E-state index in [0.717, 1.165) is 37.8 Å². The van der Waals surface area contributed by atoms with Crippen molar-refractivity contribution in [2.45, 2.75) is 82.9 Å². The molecule has 4 atom stereocenters.